The molecule has 0 amide bonds. The van der Waals surface area contributed by atoms with Gasteiger partial charge in [-0.1, -0.05) is 56.2 Å². The molecule has 0 unspecified atom stereocenters. The fraction of sp³-hybridized carbons (Fsp3) is 0.400. The predicted molar refractivity (Wildman–Crippen MR) is 68.7 cm³/mol. The van der Waals surface area contributed by atoms with Gasteiger partial charge in [0.2, 0.25) is 0 Å². The zero-order chi connectivity index (χ0) is 10.9. The molecule has 81 valence electrons. The van der Waals surface area contributed by atoms with Gasteiger partial charge in [0.15, 0.2) is 0 Å². The molecule has 1 rings (SSSR count). The van der Waals surface area contributed by atoms with Crippen molar-refractivity contribution in [3.05, 3.63) is 48.4 Å². The molecule has 0 heteroatoms. The van der Waals surface area contributed by atoms with Crippen LogP contribution >= 0.6 is 0 Å². The van der Waals surface area contributed by atoms with Crippen LogP contribution in [0.15, 0.2) is 30.3 Å². The average molecular weight is 201 g/mol. The minimum atomic E-state index is 0.875. The summed E-state index contributed by atoms with van der Waals surface area (Å²) < 4.78 is 0. The van der Waals surface area contributed by atoms with Crippen molar-refractivity contribution in [1.82, 2.24) is 0 Å². The monoisotopic (exact) mass is 201 g/mol. The van der Waals surface area contributed by atoms with E-state index in [0.717, 1.165) is 6.42 Å². The van der Waals surface area contributed by atoms with Gasteiger partial charge < -0.3 is 0 Å². The molecular weight excluding hydrogens is 180 g/mol. The fourth-order valence-corrected chi connectivity index (χ4v) is 1.53. The molecule has 0 aromatic heterocycles. The Hall–Kier alpha value is -1.04. The second kappa shape index (κ2) is 7.28. The maximum atomic E-state index is 3.86. The third-order valence-corrected chi connectivity index (χ3v) is 2.55. The summed E-state index contributed by atoms with van der Waals surface area (Å²) in [6.45, 7) is 6.10. The molecule has 0 spiro atoms. The molecule has 0 aliphatic rings. The lowest BCUT2D eigenvalue weighted by Gasteiger charge is -1.97. The third kappa shape index (κ3) is 4.83. The lowest BCUT2D eigenvalue weighted by Crippen LogP contribution is -1.79. The highest BCUT2D eigenvalue weighted by atomic mass is 13.9. The number of benzene rings is 1. The van der Waals surface area contributed by atoms with Crippen LogP contribution in [0.25, 0.3) is 6.08 Å². The fourth-order valence-electron chi connectivity index (χ4n) is 1.53. The predicted octanol–water partition coefficient (Wildman–Crippen LogP) is 4.66. The van der Waals surface area contributed by atoms with Crippen LogP contribution < -0.4 is 0 Å². The third-order valence-electron chi connectivity index (χ3n) is 2.55. The summed E-state index contributed by atoms with van der Waals surface area (Å²) in [4.78, 5) is 0. The van der Waals surface area contributed by atoms with Gasteiger partial charge in [-0.05, 0) is 37.3 Å². The van der Waals surface area contributed by atoms with Crippen molar-refractivity contribution in [3.8, 4) is 0 Å². The van der Waals surface area contributed by atoms with Crippen LogP contribution in [0, 0.1) is 6.92 Å². The van der Waals surface area contributed by atoms with Crippen LogP contribution in [-0.4, -0.2) is 0 Å². The number of hydrogen-bond acceptors (Lipinski definition) is 0. The molecule has 1 radical (unpaired) electrons. The summed E-state index contributed by atoms with van der Waals surface area (Å²) in [6.07, 6.45) is 10.5. The Morgan fingerprint density at radius 3 is 2.47 bits per heavy atom. The molecule has 0 aliphatic carbocycles. The smallest absolute Gasteiger partial charge is 0.0260 e. The first-order valence-corrected chi connectivity index (χ1v) is 5.91. The molecule has 0 saturated heterocycles. The Morgan fingerprint density at radius 1 is 1.13 bits per heavy atom. The molecule has 0 N–H and O–H groups in total. The first-order chi connectivity index (χ1) is 7.36. The summed E-state index contributed by atoms with van der Waals surface area (Å²) in [6, 6.07) is 8.63. The van der Waals surface area contributed by atoms with Crippen LogP contribution in [0.4, 0.5) is 0 Å². The van der Waals surface area contributed by atoms with Crippen molar-refractivity contribution >= 4 is 6.08 Å². The van der Waals surface area contributed by atoms with Crippen LogP contribution in [0.3, 0.4) is 0 Å². The standard InChI is InChI=1S/C15H21/c1-3-5-6-7-8-9-15-12-10-14(4-2)11-13-15/h8-13H,2-7H2,1H3. The van der Waals surface area contributed by atoms with Crippen molar-refractivity contribution in [2.75, 3.05) is 0 Å². The molecule has 0 fully saturated rings. The maximum Gasteiger partial charge on any atom is -0.0260 e. The van der Waals surface area contributed by atoms with Crippen molar-refractivity contribution in [1.29, 1.82) is 0 Å². The SMILES string of the molecule is [CH2]Cc1ccc(C=CCCCCC)cc1. The molecule has 0 atom stereocenters. The topological polar surface area (TPSA) is 0 Å². The Morgan fingerprint density at radius 2 is 1.87 bits per heavy atom. The van der Waals surface area contributed by atoms with Crippen LogP contribution in [0.1, 0.15) is 43.7 Å². The van der Waals surface area contributed by atoms with Crippen molar-refractivity contribution in [2.45, 2.75) is 39.0 Å². The van der Waals surface area contributed by atoms with E-state index in [1.54, 1.807) is 0 Å². The van der Waals surface area contributed by atoms with E-state index < -0.39 is 0 Å². The maximum absolute atomic E-state index is 3.86. The minimum absolute atomic E-state index is 0.875. The van der Waals surface area contributed by atoms with Gasteiger partial charge in [-0.25, -0.2) is 0 Å². The second-order valence-corrected chi connectivity index (χ2v) is 3.89. The Labute approximate surface area is 94.0 Å². The van der Waals surface area contributed by atoms with Gasteiger partial charge in [-0.3, -0.25) is 0 Å². The molecular formula is C15H21. The summed E-state index contributed by atoms with van der Waals surface area (Å²) in [5, 5.41) is 0. The van der Waals surface area contributed by atoms with Crippen LogP contribution in [0.2, 0.25) is 0 Å². The first-order valence-electron chi connectivity index (χ1n) is 5.91. The summed E-state index contributed by atoms with van der Waals surface area (Å²) >= 11 is 0. The van der Waals surface area contributed by atoms with Crippen molar-refractivity contribution in [3.63, 3.8) is 0 Å². The number of hydrogen-bond donors (Lipinski definition) is 0. The van der Waals surface area contributed by atoms with E-state index in [1.165, 1.54) is 36.8 Å². The van der Waals surface area contributed by atoms with Gasteiger partial charge in [0, 0.05) is 0 Å². The normalized spacial score (nSPS) is 11.1. The molecule has 15 heavy (non-hydrogen) atoms. The largest absolute Gasteiger partial charge is 0.0839 e. The summed E-state index contributed by atoms with van der Waals surface area (Å²) in [7, 11) is 0. The highest BCUT2D eigenvalue weighted by Gasteiger charge is 1.88. The van der Waals surface area contributed by atoms with Crippen LogP contribution in [0.5, 0.6) is 0 Å². The summed E-state index contributed by atoms with van der Waals surface area (Å²) in [5.74, 6) is 0. The highest BCUT2D eigenvalue weighted by Crippen LogP contribution is 2.08. The van der Waals surface area contributed by atoms with E-state index in [2.05, 4.69) is 50.3 Å². The molecule has 0 saturated carbocycles. The van der Waals surface area contributed by atoms with Gasteiger partial charge in [0.05, 0.1) is 0 Å². The number of unbranched alkanes of at least 4 members (excludes halogenated alkanes) is 3. The van der Waals surface area contributed by atoms with E-state index in [4.69, 9.17) is 0 Å². The molecule has 0 heterocycles. The Balaban J connectivity index is 2.36. The zero-order valence-corrected chi connectivity index (χ0v) is 9.71. The first kappa shape index (κ1) is 12.0. The van der Waals surface area contributed by atoms with Gasteiger partial charge in [-0.2, -0.15) is 0 Å². The molecule has 1 aromatic carbocycles. The minimum Gasteiger partial charge on any atom is -0.0839 e. The quantitative estimate of drug-likeness (QED) is 0.587. The van der Waals surface area contributed by atoms with Crippen molar-refractivity contribution < 1.29 is 0 Å². The van der Waals surface area contributed by atoms with Gasteiger partial charge in [-0.15, -0.1) is 0 Å². The number of allylic oxidation sites excluding steroid dienone is 1. The lowest BCUT2D eigenvalue weighted by molar-refractivity contribution is 0.730. The number of rotatable bonds is 6. The van der Waals surface area contributed by atoms with E-state index >= 15 is 0 Å². The van der Waals surface area contributed by atoms with E-state index in [9.17, 15) is 0 Å². The van der Waals surface area contributed by atoms with Gasteiger partial charge in [0.1, 0.15) is 0 Å². The Kier molecular flexibility index (Phi) is 5.84. The average Bonchev–Trinajstić information content (AvgIpc) is 2.30. The molecule has 0 aliphatic heterocycles. The second-order valence-electron chi connectivity index (χ2n) is 3.89. The zero-order valence-electron chi connectivity index (χ0n) is 9.71. The highest BCUT2D eigenvalue weighted by molar-refractivity contribution is 5.49. The van der Waals surface area contributed by atoms with Crippen molar-refractivity contribution in [2.24, 2.45) is 0 Å². The van der Waals surface area contributed by atoms with E-state index in [1.807, 2.05) is 0 Å². The summed E-state index contributed by atoms with van der Waals surface area (Å²) in [5.41, 5.74) is 2.60. The van der Waals surface area contributed by atoms with Gasteiger partial charge >= 0.3 is 0 Å². The van der Waals surface area contributed by atoms with Crippen LogP contribution in [-0.2, 0) is 6.42 Å². The Bertz CT molecular complexity index is 279. The molecule has 0 bridgehead atoms. The van der Waals surface area contributed by atoms with Gasteiger partial charge in [0.25, 0.3) is 0 Å². The van der Waals surface area contributed by atoms with E-state index in [0.29, 0.717) is 0 Å². The lowest BCUT2D eigenvalue weighted by atomic mass is 10.1. The van der Waals surface area contributed by atoms with E-state index in [-0.39, 0.29) is 0 Å². The molecule has 0 nitrogen and oxygen atoms in total. The molecule has 1 aromatic rings.